The summed E-state index contributed by atoms with van der Waals surface area (Å²) in [7, 11) is 1.60. The minimum atomic E-state index is -0.568. The number of ether oxygens (including phenoxy) is 2. The Morgan fingerprint density at radius 3 is 2.56 bits per heavy atom. The zero-order valence-corrected chi connectivity index (χ0v) is 22.6. The second-order valence-electron chi connectivity index (χ2n) is 9.69. The van der Waals surface area contributed by atoms with Gasteiger partial charge in [0.05, 0.1) is 13.2 Å². The third-order valence-electron chi connectivity index (χ3n) is 6.30. The molecule has 2 aromatic carbocycles. The summed E-state index contributed by atoms with van der Waals surface area (Å²) >= 11 is 7.83. The maximum Gasteiger partial charge on any atom is 0.254 e. The molecule has 0 radical (unpaired) electrons. The highest BCUT2D eigenvalue weighted by atomic mass is 35.5. The number of halogens is 1. The molecule has 190 valence electrons. The fraction of sp³-hybridized carbons (Fsp3) is 0.357. The van der Waals surface area contributed by atoms with E-state index in [4.69, 9.17) is 21.1 Å². The van der Waals surface area contributed by atoms with Crippen LogP contribution in [0.1, 0.15) is 47.6 Å². The number of methoxy groups -OCH3 is 1. The lowest BCUT2D eigenvalue weighted by Crippen LogP contribution is -2.53. The predicted molar refractivity (Wildman–Crippen MR) is 143 cm³/mol. The molecule has 1 unspecified atom stereocenters. The second kappa shape index (κ2) is 10.9. The Bertz CT molecular complexity index is 1240. The highest BCUT2D eigenvalue weighted by molar-refractivity contribution is 7.10. The van der Waals surface area contributed by atoms with Gasteiger partial charge in [-0.2, -0.15) is 0 Å². The van der Waals surface area contributed by atoms with Crippen LogP contribution in [0.5, 0.6) is 11.5 Å². The summed E-state index contributed by atoms with van der Waals surface area (Å²) in [4.78, 5) is 31.9. The Kier molecular flexibility index (Phi) is 7.91. The average molecular weight is 527 g/mol. The van der Waals surface area contributed by atoms with Gasteiger partial charge in [0, 0.05) is 27.5 Å². The number of hydrogen-bond donors (Lipinski definition) is 0. The molecule has 2 heterocycles. The molecular formula is C28H31ClN2O4S. The van der Waals surface area contributed by atoms with Crippen LogP contribution in [0, 0.1) is 0 Å². The maximum atomic E-state index is 13.8. The van der Waals surface area contributed by atoms with Gasteiger partial charge in [-0.05, 0) is 74.5 Å². The van der Waals surface area contributed by atoms with Crippen molar-refractivity contribution in [2.24, 2.45) is 0 Å². The molecule has 0 saturated carbocycles. The van der Waals surface area contributed by atoms with Crippen LogP contribution in [0.25, 0.3) is 0 Å². The number of hydrogen-bond acceptors (Lipinski definition) is 5. The van der Waals surface area contributed by atoms with Crippen LogP contribution in [0.2, 0.25) is 5.02 Å². The van der Waals surface area contributed by atoms with Crippen LogP contribution >= 0.6 is 22.9 Å². The quantitative estimate of drug-likeness (QED) is 0.387. The van der Waals surface area contributed by atoms with Crippen molar-refractivity contribution in [3.63, 3.8) is 0 Å². The lowest BCUT2D eigenvalue weighted by atomic mass is 9.99. The standard InChI is InChI=1S/C28H31ClN2O4S/c1-28(2,3)31(27(33)19-8-7-9-20(29)16-19)17-26(32)30-14-12-25-21(13-15-36-25)22(30)18-35-24-11-6-5-10-23(24)34-4/h5-11,13,15-16,22H,12,14,17-18H2,1-4H3. The molecule has 0 saturated heterocycles. The largest absolute Gasteiger partial charge is 0.493 e. The monoisotopic (exact) mass is 526 g/mol. The second-order valence-corrected chi connectivity index (χ2v) is 11.1. The molecule has 0 aliphatic carbocycles. The molecule has 3 aromatic rings. The van der Waals surface area contributed by atoms with Gasteiger partial charge in [0.1, 0.15) is 13.2 Å². The molecule has 0 bridgehead atoms. The molecule has 1 aromatic heterocycles. The molecule has 4 rings (SSSR count). The number of nitrogens with zero attached hydrogens (tertiary/aromatic N) is 2. The van der Waals surface area contributed by atoms with Gasteiger partial charge < -0.3 is 19.3 Å². The van der Waals surface area contributed by atoms with Gasteiger partial charge in [0.25, 0.3) is 5.91 Å². The van der Waals surface area contributed by atoms with Crippen LogP contribution in [-0.2, 0) is 11.2 Å². The van der Waals surface area contributed by atoms with Crippen molar-refractivity contribution in [1.82, 2.24) is 9.80 Å². The van der Waals surface area contributed by atoms with E-state index in [1.807, 2.05) is 49.9 Å². The summed E-state index contributed by atoms with van der Waals surface area (Å²) in [5.74, 6) is 0.921. The Balaban J connectivity index is 1.58. The van der Waals surface area contributed by atoms with Crippen molar-refractivity contribution in [1.29, 1.82) is 0 Å². The normalized spacial score (nSPS) is 15.2. The first-order chi connectivity index (χ1) is 17.2. The molecule has 0 N–H and O–H groups in total. The van der Waals surface area contributed by atoms with Crippen molar-refractivity contribution in [3.8, 4) is 11.5 Å². The summed E-state index contributed by atoms with van der Waals surface area (Å²) in [6.45, 7) is 6.59. The number of carbonyl (C=O) groups excluding carboxylic acids is 2. The summed E-state index contributed by atoms with van der Waals surface area (Å²) in [6.07, 6.45) is 0.779. The van der Waals surface area contributed by atoms with Gasteiger partial charge >= 0.3 is 0 Å². The molecule has 8 heteroatoms. The molecular weight excluding hydrogens is 496 g/mol. The van der Waals surface area contributed by atoms with E-state index in [0.29, 0.717) is 28.6 Å². The summed E-state index contributed by atoms with van der Waals surface area (Å²) in [5.41, 5.74) is 0.986. The Morgan fingerprint density at radius 2 is 1.86 bits per heavy atom. The number of amides is 2. The van der Waals surface area contributed by atoms with E-state index in [-0.39, 0.29) is 31.0 Å². The zero-order valence-electron chi connectivity index (χ0n) is 21.0. The topological polar surface area (TPSA) is 59.1 Å². The summed E-state index contributed by atoms with van der Waals surface area (Å²) in [6, 6.07) is 16.1. The highest BCUT2D eigenvalue weighted by Crippen LogP contribution is 2.35. The molecule has 36 heavy (non-hydrogen) atoms. The van der Waals surface area contributed by atoms with Gasteiger partial charge in [-0.3, -0.25) is 9.59 Å². The van der Waals surface area contributed by atoms with Crippen molar-refractivity contribution in [2.75, 3.05) is 26.8 Å². The number of carbonyl (C=O) groups is 2. The van der Waals surface area contributed by atoms with E-state index < -0.39 is 5.54 Å². The SMILES string of the molecule is COc1ccccc1OCC1c2ccsc2CCN1C(=O)CN(C(=O)c1cccc(Cl)c1)C(C)(C)C. The number of thiophene rings is 1. The van der Waals surface area contributed by atoms with Gasteiger partial charge in [-0.15, -0.1) is 11.3 Å². The smallest absolute Gasteiger partial charge is 0.254 e. The Labute approximate surface area is 221 Å². The first-order valence-electron chi connectivity index (χ1n) is 11.9. The molecule has 0 fully saturated rings. The van der Waals surface area contributed by atoms with Crippen molar-refractivity contribution >= 4 is 34.8 Å². The number of para-hydroxylation sites is 2. The van der Waals surface area contributed by atoms with E-state index in [1.165, 1.54) is 4.88 Å². The summed E-state index contributed by atoms with van der Waals surface area (Å²) < 4.78 is 11.6. The first kappa shape index (κ1) is 26.0. The van der Waals surface area contributed by atoms with Crippen LogP contribution in [0.15, 0.2) is 60.0 Å². The number of fused-ring (bicyclic) bond motifs is 1. The zero-order chi connectivity index (χ0) is 25.9. The molecule has 6 nitrogen and oxygen atoms in total. The van der Waals surface area contributed by atoms with Gasteiger partial charge in [0.15, 0.2) is 11.5 Å². The summed E-state index contributed by atoms with van der Waals surface area (Å²) in [5, 5.41) is 2.54. The van der Waals surface area contributed by atoms with E-state index in [9.17, 15) is 9.59 Å². The molecule has 1 aliphatic heterocycles. The van der Waals surface area contributed by atoms with Crippen molar-refractivity contribution in [3.05, 3.63) is 81.0 Å². The van der Waals surface area contributed by atoms with Gasteiger partial charge in [-0.1, -0.05) is 29.8 Å². The minimum Gasteiger partial charge on any atom is -0.493 e. The molecule has 0 spiro atoms. The fourth-order valence-corrected chi connectivity index (χ4v) is 5.52. The van der Waals surface area contributed by atoms with E-state index in [2.05, 4.69) is 11.4 Å². The first-order valence-corrected chi connectivity index (χ1v) is 13.1. The van der Waals surface area contributed by atoms with E-state index in [0.717, 1.165) is 12.0 Å². The third kappa shape index (κ3) is 5.68. The lowest BCUT2D eigenvalue weighted by molar-refractivity contribution is -0.136. The Hall–Kier alpha value is -3.03. The number of benzene rings is 2. The van der Waals surface area contributed by atoms with Crippen molar-refractivity contribution < 1.29 is 19.1 Å². The molecule has 1 aliphatic rings. The van der Waals surface area contributed by atoms with Crippen LogP contribution in [-0.4, -0.2) is 54.0 Å². The Morgan fingerprint density at radius 1 is 1.11 bits per heavy atom. The van der Waals surface area contributed by atoms with Gasteiger partial charge in [-0.25, -0.2) is 0 Å². The highest BCUT2D eigenvalue weighted by Gasteiger charge is 2.36. The average Bonchev–Trinajstić information content (AvgIpc) is 3.34. The van der Waals surface area contributed by atoms with E-state index >= 15 is 0 Å². The van der Waals surface area contributed by atoms with Crippen LogP contribution in [0.3, 0.4) is 0 Å². The molecule has 1 atom stereocenters. The minimum absolute atomic E-state index is 0.0422. The lowest BCUT2D eigenvalue weighted by Gasteiger charge is -2.40. The van der Waals surface area contributed by atoms with Crippen LogP contribution in [0.4, 0.5) is 0 Å². The van der Waals surface area contributed by atoms with E-state index in [1.54, 1.807) is 47.6 Å². The maximum absolute atomic E-state index is 13.8. The van der Waals surface area contributed by atoms with Crippen LogP contribution < -0.4 is 9.47 Å². The third-order valence-corrected chi connectivity index (χ3v) is 7.53. The predicted octanol–water partition coefficient (Wildman–Crippen LogP) is 5.86. The van der Waals surface area contributed by atoms with Crippen molar-refractivity contribution in [2.45, 2.75) is 38.8 Å². The van der Waals surface area contributed by atoms with Gasteiger partial charge in [0.2, 0.25) is 5.91 Å². The fourth-order valence-electron chi connectivity index (χ4n) is 4.40. The number of rotatable bonds is 7. The molecule has 2 amide bonds.